The van der Waals surface area contributed by atoms with Gasteiger partial charge in [0, 0.05) is 24.2 Å². The lowest BCUT2D eigenvalue weighted by atomic mass is 9.97. The van der Waals surface area contributed by atoms with Gasteiger partial charge in [0.15, 0.2) is 0 Å². The summed E-state index contributed by atoms with van der Waals surface area (Å²) in [7, 11) is 0. The van der Waals surface area contributed by atoms with E-state index >= 15 is 0 Å². The summed E-state index contributed by atoms with van der Waals surface area (Å²) in [6.07, 6.45) is 2.25. The number of piperidine rings is 1. The highest BCUT2D eigenvalue weighted by molar-refractivity contribution is 7.09. The first kappa shape index (κ1) is 15.1. The Balaban J connectivity index is 1.46. The molecule has 1 amide bonds. The van der Waals surface area contributed by atoms with Gasteiger partial charge in [0.2, 0.25) is 0 Å². The van der Waals surface area contributed by atoms with Gasteiger partial charge >= 0.3 is 0 Å². The number of hydrogen-bond donors (Lipinski definition) is 2. The molecule has 2 fully saturated rings. The van der Waals surface area contributed by atoms with E-state index in [0.29, 0.717) is 18.0 Å². The Kier molecular flexibility index (Phi) is 3.61. The van der Waals surface area contributed by atoms with Crippen molar-refractivity contribution in [2.75, 3.05) is 6.54 Å². The molecule has 3 nitrogen and oxygen atoms in total. The maximum absolute atomic E-state index is 13.0. The number of nitrogens with one attached hydrogen (secondary N) is 2. The minimum Gasteiger partial charge on any atom is -0.349 e. The van der Waals surface area contributed by atoms with Crippen molar-refractivity contribution in [2.24, 2.45) is 5.92 Å². The molecule has 2 aromatic carbocycles. The quantitative estimate of drug-likeness (QED) is 0.750. The van der Waals surface area contributed by atoms with Gasteiger partial charge in [-0.05, 0) is 63.6 Å². The average Bonchev–Trinajstić information content (AvgIpc) is 3.37. The van der Waals surface area contributed by atoms with Crippen molar-refractivity contribution >= 4 is 28.0 Å². The lowest BCUT2D eigenvalue weighted by Gasteiger charge is -2.24. The fraction of sp³-hybridized carbons (Fsp3) is 0.286. The van der Waals surface area contributed by atoms with Crippen molar-refractivity contribution in [3.05, 3.63) is 58.8 Å². The number of carbonyl (C=O) groups excluding carboxylic acids is 1. The lowest BCUT2D eigenvalue weighted by Crippen LogP contribution is -2.44. The Labute approximate surface area is 151 Å². The summed E-state index contributed by atoms with van der Waals surface area (Å²) >= 11 is 1.71. The zero-order chi connectivity index (χ0) is 16.8. The Morgan fingerprint density at radius 2 is 1.96 bits per heavy atom. The maximum atomic E-state index is 13.0. The van der Waals surface area contributed by atoms with Gasteiger partial charge in [-0.1, -0.05) is 30.3 Å². The van der Waals surface area contributed by atoms with Crippen LogP contribution >= 0.6 is 11.3 Å². The molecule has 2 N–H and O–H groups in total. The Morgan fingerprint density at radius 3 is 2.80 bits per heavy atom. The second kappa shape index (κ2) is 5.97. The average molecular weight is 348 g/mol. The van der Waals surface area contributed by atoms with E-state index in [9.17, 15) is 4.79 Å². The lowest BCUT2D eigenvalue weighted by molar-refractivity contribution is 0.0925. The molecule has 3 unspecified atom stereocenters. The molecule has 1 saturated carbocycles. The molecular weight excluding hydrogens is 328 g/mol. The van der Waals surface area contributed by atoms with Crippen molar-refractivity contribution in [2.45, 2.75) is 24.9 Å². The standard InChI is InChI=1S/C21H20N2OS/c24-21(23-20-9-17-8-15(20)10-22-17)19-4-2-1-3-18(19)13-5-6-14-11-25-12-16(14)7-13/h1-7,11-12,15,17,20,22H,8-10H2,(H,23,24). The van der Waals surface area contributed by atoms with Crippen LogP contribution < -0.4 is 10.6 Å². The van der Waals surface area contributed by atoms with Crippen LogP contribution in [0.15, 0.2) is 53.2 Å². The van der Waals surface area contributed by atoms with Crippen LogP contribution in [-0.2, 0) is 0 Å². The largest absolute Gasteiger partial charge is 0.349 e. The molecule has 25 heavy (non-hydrogen) atoms. The normalized spacial score (nSPS) is 24.7. The number of fused-ring (bicyclic) bond motifs is 3. The predicted molar refractivity (Wildman–Crippen MR) is 103 cm³/mol. The van der Waals surface area contributed by atoms with Crippen LogP contribution in [0.25, 0.3) is 21.9 Å². The molecule has 2 bridgehead atoms. The van der Waals surface area contributed by atoms with Crippen LogP contribution in [0, 0.1) is 5.92 Å². The predicted octanol–water partition coefficient (Wildman–Crippen LogP) is 4.05. The van der Waals surface area contributed by atoms with Crippen LogP contribution in [0.5, 0.6) is 0 Å². The summed E-state index contributed by atoms with van der Waals surface area (Å²) in [5, 5.41) is 13.6. The first-order valence-corrected chi connectivity index (χ1v) is 9.82. The molecule has 126 valence electrons. The van der Waals surface area contributed by atoms with Gasteiger partial charge in [0.1, 0.15) is 0 Å². The molecular formula is C21H20N2OS. The highest BCUT2D eigenvalue weighted by atomic mass is 32.1. The SMILES string of the molecule is O=C(NC1CC2CC1CN2)c1ccccc1-c1ccc2cscc2c1. The third-order valence-corrected chi connectivity index (χ3v) is 6.42. The van der Waals surface area contributed by atoms with Crippen LogP contribution in [0.4, 0.5) is 0 Å². The van der Waals surface area contributed by atoms with Crippen molar-refractivity contribution < 1.29 is 4.79 Å². The summed E-state index contributed by atoms with van der Waals surface area (Å²) < 4.78 is 0. The topological polar surface area (TPSA) is 41.1 Å². The van der Waals surface area contributed by atoms with E-state index in [2.05, 4.69) is 39.6 Å². The van der Waals surface area contributed by atoms with Gasteiger partial charge in [-0.15, -0.1) is 0 Å². The first-order valence-electron chi connectivity index (χ1n) is 8.87. The fourth-order valence-electron chi connectivity index (χ4n) is 4.32. The molecule has 3 atom stereocenters. The summed E-state index contributed by atoms with van der Waals surface area (Å²) in [6, 6.07) is 15.3. The summed E-state index contributed by atoms with van der Waals surface area (Å²) in [6.45, 7) is 1.03. The van der Waals surface area contributed by atoms with Gasteiger partial charge in [0.25, 0.3) is 5.91 Å². The Hall–Kier alpha value is -2.17. The van der Waals surface area contributed by atoms with E-state index in [1.54, 1.807) is 11.3 Å². The molecule has 0 radical (unpaired) electrons. The van der Waals surface area contributed by atoms with Crippen molar-refractivity contribution in [1.82, 2.24) is 10.6 Å². The Morgan fingerprint density at radius 1 is 1.08 bits per heavy atom. The van der Waals surface area contributed by atoms with Crippen molar-refractivity contribution in [3.8, 4) is 11.1 Å². The number of rotatable bonds is 3. The number of hydrogen-bond acceptors (Lipinski definition) is 3. The second-order valence-electron chi connectivity index (χ2n) is 7.18. The highest BCUT2D eigenvalue weighted by Crippen LogP contribution is 2.32. The third-order valence-electron chi connectivity index (χ3n) is 5.64. The van der Waals surface area contributed by atoms with E-state index < -0.39 is 0 Å². The molecule has 1 aromatic heterocycles. The minimum atomic E-state index is 0.0542. The third kappa shape index (κ3) is 2.66. The summed E-state index contributed by atoms with van der Waals surface area (Å²) in [5.41, 5.74) is 2.88. The van der Waals surface area contributed by atoms with Crippen molar-refractivity contribution in [3.63, 3.8) is 0 Å². The number of benzene rings is 2. The minimum absolute atomic E-state index is 0.0542. The molecule has 2 heterocycles. The van der Waals surface area contributed by atoms with E-state index in [0.717, 1.165) is 29.7 Å². The van der Waals surface area contributed by atoms with E-state index in [4.69, 9.17) is 0 Å². The fourth-order valence-corrected chi connectivity index (χ4v) is 5.10. The number of thiophene rings is 1. The van der Waals surface area contributed by atoms with Gasteiger partial charge in [-0.3, -0.25) is 4.79 Å². The first-order chi connectivity index (χ1) is 12.3. The van der Waals surface area contributed by atoms with Gasteiger partial charge in [0.05, 0.1) is 0 Å². The molecule has 0 spiro atoms. The molecule has 5 rings (SSSR count). The highest BCUT2D eigenvalue weighted by Gasteiger charge is 2.40. The van der Waals surface area contributed by atoms with E-state index in [1.165, 1.54) is 17.2 Å². The molecule has 1 aliphatic carbocycles. The van der Waals surface area contributed by atoms with Gasteiger partial charge in [-0.2, -0.15) is 11.3 Å². The zero-order valence-corrected chi connectivity index (χ0v) is 14.7. The van der Waals surface area contributed by atoms with Gasteiger partial charge in [-0.25, -0.2) is 0 Å². The second-order valence-corrected chi connectivity index (χ2v) is 7.92. The van der Waals surface area contributed by atoms with Crippen LogP contribution in [0.2, 0.25) is 0 Å². The van der Waals surface area contributed by atoms with Crippen LogP contribution in [-0.4, -0.2) is 24.5 Å². The number of carbonyl (C=O) groups is 1. The molecule has 1 aliphatic heterocycles. The maximum Gasteiger partial charge on any atom is 0.252 e. The van der Waals surface area contributed by atoms with E-state index in [-0.39, 0.29) is 5.91 Å². The van der Waals surface area contributed by atoms with Crippen molar-refractivity contribution in [1.29, 1.82) is 0 Å². The molecule has 2 aliphatic rings. The summed E-state index contributed by atoms with van der Waals surface area (Å²) in [4.78, 5) is 13.0. The van der Waals surface area contributed by atoms with Crippen LogP contribution in [0.1, 0.15) is 23.2 Å². The molecule has 1 saturated heterocycles. The summed E-state index contributed by atoms with van der Waals surface area (Å²) in [5.74, 6) is 0.641. The number of amides is 1. The smallest absolute Gasteiger partial charge is 0.252 e. The molecule has 4 heteroatoms. The molecule has 3 aromatic rings. The van der Waals surface area contributed by atoms with Gasteiger partial charge < -0.3 is 10.6 Å². The Bertz CT molecular complexity index is 948. The zero-order valence-electron chi connectivity index (χ0n) is 13.9. The van der Waals surface area contributed by atoms with Crippen LogP contribution in [0.3, 0.4) is 0 Å². The van der Waals surface area contributed by atoms with E-state index in [1.807, 2.05) is 24.3 Å². The monoisotopic (exact) mass is 348 g/mol.